The quantitative estimate of drug-likeness (QED) is 0.490. The minimum atomic E-state index is -4.50. The third-order valence-electron chi connectivity index (χ3n) is 4.67. The SMILES string of the molecule is FC(F)(F)c1cccc(Cn2cnc(-c3cc(C4=CCCCN=N4)ccn3)c2)c1Cl. The van der Waals surface area contributed by atoms with Gasteiger partial charge in [-0.25, -0.2) is 4.98 Å². The van der Waals surface area contributed by atoms with Crippen molar-refractivity contribution in [2.24, 2.45) is 10.2 Å². The lowest BCUT2D eigenvalue weighted by atomic mass is 10.1. The van der Waals surface area contributed by atoms with E-state index < -0.39 is 11.7 Å². The zero-order valence-electron chi connectivity index (χ0n) is 15.8. The Bertz CT molecular complexity index is 1120. The number of nitrogens with zero attached hydrogens (tertiary/aromatic N) is 5. The Kier molecular flexibility index (Phi) is 5.67. The van der Waals surface area contributed by atoms with Crippen LogP contribution in [0.4, 0.5) is 13.2 Å². The molecule has 3 heterocycles. The number of azo groups is 1. The molecule has 0 fully saturated rings. The average molecular weight is 432 g/mol. The lowest BCUT2D eigenvalue weighted by molar-refractivity contribution is -0.137. The molecule has 0 N–H and O–H groups in total. The summed E-state index contributed by atoms with van der Waals surface area (Å²) >= 11 is 6.00. The topological polar surface area (TPSA) is 55.4 Å². The molecule has 2 aromatic heterocycles. The Morgan fingerprint density at radius 2 is 1.97 bits per heavy atom. The number of allylic oxidation sites excluding steroid dienone is 1. The van der Waals surface area contributed by atoms with E-state index in [9.17, 15) is 13.2 Å². The average Bonchev–Trinajstić information content (AvgIpc) is 3.01. The normalized spacial score (nSPS) is 14.5. The van der Waals surface area contributed by atoms with Crippen molar-refractivity contribution in [2.75, 3.05) is 6.54 Å². The molecular weight excluding hydrogens is 415 g/mol. The van der Waals surface area contributed by atoms with Crippen LogP contribution in [-0.2, 0) is 12.7 Å². The number of benzene rings is 1. The van der Waals surface area contributed by atoms with E-state index in [4.69, 9.17) is 11.6 Å². The Labute approximate surface area is 176 Å². The van der Waals surface area contributed by atoms with Crippen molar-refractivity contribution >= 4 is 17.3 Å². The molecule has 0 amide bonds. The van der Waals surface area contributed by atoms with Gasteiger partial charge in [0, 0.05) is 24.5 Å². The molecule has 4 rings (SSSR count). The van der Waals surface area contributed by atoms with Gasteiger partial charge in [0.15, 0.2) is 0 Å². The molecule has 1 aliphatic heterocycles. The first-order valence-corrected chi connectivity index (χ1v) is 9.70. The number of rotatable bonds is 4. The number of aromatic nitrogens is 3. The second-order valence-corrected chi connectivity index (χ2v) is 7.21. The van der Waals surface area contributed by atoms with Crippen LogP contribution in [0.5, 0.6) is 0 Å². The highest BCUT2D eigenvalue weighted by atomic mass is 35.5. The third kappa shape index (κ3) is 4.43. The van der Waals surface area contributed by atoms with Crippen LogP contribution in [0, 0.1) is 0 Å². The predicted molar refractivity (Wildman–Crippen MR) is 108 cm³/mol. The zero-order valence-corrected chi connectivity index (χ0v) is 16.5. The number of hydrogen-bond donors (Lipinski definition) is 0. The van der Waals surface area contributed by atoms with Crippen LogP contribution in [-0.4, -0.2) is 21.1 Å². The smallest absolute Gasteiger partial charge is 0.332 e. The summed E-state index contributed by atoms with van der Waals surface area (Å²) in [6.45, 7) is 0.870. The summed E-state index contributed by atoms with van der Waals surface area (Å²) in [5.41, 5.74) is 2.45. The van der Waals surface area contributed by atoms with E-state index in [1.807, 2.05) is 18.2 Å². The van der Waals surface area contributed by atoms with E-state index in [0.717, 1.165) is 30.2 Å². The summed E-state index contributed by atoms with van der Waals surface area (Å²) in [5.74, 6) is 0. The summed E-state index contributed by atoms with van der Waals surface area (Å²) in [5, 5.41) is 8.09. The van der Waals surface area contributed by atoms with Crippen LogP contribution < -0.4 is 0 Å². The van der Waals surface area contributed by atoms with Gasteiger partial charge in [-0.3, -0.25) is 4.98 Å². The Balaban J connectivity index is 1.59. The van der Waals surface area contributed by atoms with Crippen LogP contribution in [0.15, 0.2) is 65.4 Å². The molecular formula is C21H17ClF3N5. The van der Waals surface area contributed by atoms with E-state index >= 15 is 0 Å². The van der Waals surface area contributed by atoms with Crippen molar-refractivity contribution < 1.29 is 13.2 Å². The first-order valence-electron chi connectivity index (χ1n) is 9.32. The molecule has 5 nitrogen and oxygen atoms in total. The molecule has 0 radical (unpaired) electrons. The van der Waals surface area contributed by atoms with Gasteiger partial charge in [-0.2, -0.15) is 23.4 Å². The maximum absolute atomic E-state index is 13.1. The van der Waals surface area contributed by atoms with Gasteiger partial charge < -0.3 is 4.57 Å². The van der Waals surface area contributed by atoms with Gasteiger partial charge in [0.25, 0.3) is 0 Å². The van der Waals surface area contributed by atoms with Gasteiger partial charge in [0.05, 0.1) is 34.8 Å². The van der Waals surface area contributed by atoms with Crippen molar-refractivity contribution in [3.05, 3.63) is 76.8 Å². The highest BCUT2D eigenvalue weighted by Crippen LogP contribution is 2.36. The van der Waals surface area contributed by atoms with Crippen LogP contribution in [0.2, 0.25) is 5.02 Å². The first-order chi connectivity index (χ1) is 14.4. The molecule has 0 bridgehead atoms. The summed E-state index contributed by atoms with van der Waals surface area (Å²) < 4.78 is 40.9. The molecule has 0 unspecified atom stereocenters. The maximum Gasteiger partial charge on any atom is 0.417 e. The predicted octanol–water partition coefficient (Wildman–Crippen LogP) is 6.25. The molecule has 1 aromatic carbocycles. The largest absolute Gasteiger partial charge is 0.417 e. The fourth-order valence-corrected chi connectivity index (χ4v) is 3.46. The highest BCUT2D eigenvalue weighted by molar-refractivity contribution is 6.32. The van der Waals surface area contributed by atoms with Crippen molar-refractivity contribution in [1.29, 1.82) is 0 Å². The van der Waals surface area contributed by atoms with E-state index in [1.165, 1.54) is 6.07 Å². The van der Waals surface area contributed by atoms with Crippen molar-refractivity contribution in [3.8, 4) is 11.4 Å². The van der Waals surface area contributed by atoms with Gasteiger partial charge in [-0.15, -0.1) is 0 Å². The highest BCUT2D eigenvalue weighted by Gasteiger charge is 2.33. The van der Waals surface area contributed by atoms with Crippen molar-refractivity contribution in [1.82, 2.24) is 14.5 Å². The lowest BCUT2D eigenvalue weighted by Crippen LogP contribution is -2.08. The molecule has 0 saturated heterocycles. The molecule has 154 valence electrons. The second-order valence-electron chi connectivity index (χ2n) is 6.83. The lowest BCUT2D eigenvalue weighted by Gasteiger charge is -2.12. The zero-order chi connectivity index (χ0) is 21.1. The number of pyridine rings is 1. The van der Waals surface area contributed by atoms with E-state index in [-0.39, 0.29) is 11.6 Å². The van der Waals surface area contributed by atoms with Gasteiger partial charge in [-0.1, -0.05) is 29.8 Å². The van der Waals surface area contributed by atoms with Gasteiger partial charge in [-0.05, 0) is 36.6 Å². The Morgan fingerprint density at radius 3 is 2.80 bits per heavy atom. The first kappa shape index (κ1) is 20.3. The Hall–Kier alpha value is -3.00. The standard InChI is InChI=1S/C21H17ClF3N5/c22-20-15(4-3-5-16(20)21(23,24)25)11-30-12-19(27-13-30)18-10-14(7-9-26-18)17-6-1-2-8-28-29-17/h3-7,9-10,12-13H,1-2,8,11H2. The number of alkyl halides is 3. The molecule has 9 heteroatoms. The maximum atomic E-state index is 13.1. The van der Waals surface area contributed by atoms with Crippen LogP contribution in [0.25, 0.3) is 17.1 Å². The van der Waals surface area contributed by atoms with E-state index in [0.29, 0.717) is 23.5 Å². The van der Waals surface area contributed by atoms with Crippen LogP contribution >= 0.6 is 11.6 Å². The van der Waals surface area contributed by atoms with E-state index in [1.54, 1.807) is 29.4 Å². The fraction of sp³-hybridized carbons (Fsp3) is 0.238. The summed E-state index contributed by atoms with van der Waals surface area (Å²) in [6, 6.07) is 7.63. The molecule has 0 spiro atoms. The number of hydrogen-bond acceptors (Lipinski definition) is 4. The van der Waals surface area contributed by atoms with Crippen molar-refractivity contribution in [3.63, 3.8) is 0 Å². The molecule has 0 saturated carbocycles. The van der Waals surface area contributed by atoms with Crippen LogP contribution in [0.1, 0.15) is 29.5 Å². The summed E-state index contributed by atoms with van der Waals surface area (Å²) in [4.78, 5) is 8.71. The monoisotopic (exact) mass is 431 g/mol. The van der Waals surface area contributed by atoms with Crippen molar-refractivity contribution in [2.45, 2.75) is 25.6 Å². The molecule has 0 aliphatic carbocycles. The summed E-state index contributed by atoms with van der Waals surface area (Å²) in [6.07, 6.45) is 4.37. The van der Waals surface area contributed by atoms with Gasteiger partial charge in [0.2, 0.25) is 0 Å². The minimum Gasteiger partial charge on any atom is -0.332 e. The van der Waals surface area contributed by atoms with Gasteiger partial charge in [0.1, 0.15) is 5.69 Å². The molecule has 30 heavy (non-hydrogen) atoms. The van der Waals surface area contributed by atoms with Gasteiger partial charge >= 0.3 is 6.18 Å². The Morgan fingerprint density at radius 1 is 1.10 bits per heavy atom. The second kappa shape index (κ2) is 8.39. The molecule has 1 aliphatic rings. The number of halogens is 4. The van der Waals surface area contributed by atoms with E-state index in [2.05, 4.69) is 20.2 Å². The fourth-order valence-electron chi connectivity index (χ4n) is 3.17. The van der Waals surface area contributed by atoms with Crippen LogP contribution in [0.3, 0.4) is 0 Å². The summed E-state index contributed by atoms with van der Waals surface area (Å²) in [7, 11) is 0. The molecule has 3 aromatic rings. The minimum absolute atomic E-state index is 0.162. The number of imidazole rings is 1. The third-order valence-corrected chi connectivity index (χ3v) is 5.11. The molecule has 0 atom stereocenters.